The van der Waals surface area contributed by atoms with Gasteiger partial charge in [-0.15, -0.1) is 0 Å². The van der Waals surface area contributed by atoms with Gasteiger partial charge in [0.05, 0.1) is 11.5 Å². The number of fused-ring (bicyclic) bond motifs is 1. The lowest BCUT2D eigenvalue weighted by Gasteiger charge is -2.37. The Balaban J connectivity index is 1.58. The zero-order valence-corrected chi connectivity index (χ0v) is 15.6. The van der Waals surface area contributed by atoms with Gasteiger partial charge in [-0.05, 0) is 26.7 Å². The molecule has 3 aliphatic heterocycles. The summed E-state index contributed by atoms with van der Waals surface area (Å²) in [6.45, 7) is 3.55. The van der Waals surface area contributed by atoms with E-state index in [-0.39, 0.29) is 12.0 Å². The average Bonchev–Trinajstić information content (AvgIpc) is 3.09. The van der Waals surface area contributed by atoms with Crippen LogP contribution in [-0.4, -0.2) is 52.7 Å². The summed E-state index contributed by atoms with van der Waals surface area (Å²) in [7, 11) is 0. The predicted molar refractivity (Wildman–Crippen MR) is 93.3 cm³/mol. The number of aliphatic hydroxyl groups excluding tert-OH is 2. The van der Waals surface area contributed by atoms with Gasteiger partial charge in [-0.25, -0.2) is 14.4 Å². The molecule has 1 fully saturated rings. The maximum absolute atomic E-state index is 12.6. The Morgan fingerprint density at radius 3 is 2.54 bits per heavy atom. The number of hydrogen-bond acceptors (Lipinski definition) is 8. The lowest BCUT2D eigenvalue weighted by molar-refractivity contribution is -0.154. The average molecular weight is 390 g/mol. The van der Waals surface area contributed by atoms with Crippen molar-refractivity contribution in [3.8, 4) is 0 Å². The number of cyclic esters (lactones) is 3. The quantitative estimate of drug-likeness (QED) is 0.537. The zero-order chi connectivity index (χ0) is 20.2. The van der Waals surface area contributed by atoms with Crippen LogP contribution in [0.4, 0.5) is 0 Å². The summed E-state index contributed by atoms with van der Waals surface area (Å²) in [4.78, 5) is 36.2. The number of carbonyl (C=O) groups is 3. The maximum Gasteiger partial charge on any atom is 0.334 e. The van der Waals surface area contributed by atoms with Gasteiger partial charge in [0, 0.05) is 35.6 Å². The zero-order valence-electron chi connectivity index (χ0n) is 15.6. The Morgan fingerprint density at radius 2 is 1.89 bits per heavy atom. The van der Waals surface area contributed by atoms with Crippen LogP contribution in [0.3, 0.4) is 0 Å². The normalized spacial score (nSPS) is 37.8. The summed E-state index contributed by atoms with van der Waals surface area (Å²) in [5.74, 6) is -1.73. The topological polar surface area (TPSA) is 119 Å². The van der Waals surface area contributed by atoms with Crippen LogP contribution in [0.5, 0.6) is 0 Å². The summed E-state index contributed by atoms with van der Waals surface area (Å²) >= 11 is 0. The lowest BCUT2D eigenvalue weighted by Crippen LogP contribution is -2.43. The molecule has 3 heterocycles. The molecule has 0 aromatic heterocycles. The van der Waals surface area contributed by atoms with E-state index in [0.29, 0.717) is 30.4 Å². The van der Waals surface area contributed by atoms with Crippen LogP contribution in [0, 0.1) is 5.41 Å². The minimum absolute atomic E-state index is 0.130. The highest BCUT2D eigenvalue weighted by atomic mass is 16.6. The second kappa shape index (κ2) is 6.56. The third kappa shape index (κ3) is 2.79. The van der Waals surface area contributed by atoms with Crippen LogP contribution in [0.25, 0.3) is 0 Å². The van der Waals surface area contributed by atoms with Crippen molar-refractivity contribution in [1.82, 2.24) is 0 Å². The van der Waals surface area contributed by atoms with Gasteiger partial charge in [-0.3, -0.25) is 0 Å². The molecule has 28 heavy (non-hydrogen) atoms. The molecular formula is C20H22O8. The molecule has 5 unspecified atom stereocenters. The van der Waals surface area contributed by atoms with E-state index in [4.69, 9.17) is 9.47 Å². The molecule has 1 saturated heterocycles. The van der Waals surface area contributed by atoms with Crippen molar-refractivity contribution >= 4 is 17.9 Å². The first-order valence-electron chi connectivity index (χ1n) is 9.31. The van der Waals surface area contributed by atoms with E-state index in [0.717, 1.165) is 11.6 Å². The molecule has 0 bridgehead atoms. The van der Waals surface area contributed by atoms with E-state index >= 15 is 0 Å². The molecule has 1 aliphatic carbocycles. The molecular weight excluding hydrogens is 368 g/mol. The van der Waals surface area contributed by atoms with Gasteiger partial charge in [0.25, 0.3) is 0 Å². The highest BCUT2D eigenvalue weighted by Gasteiger charge is 2.56. The molecule has 0 saturated carbocycles. The molecule has 0 amide bonds. The molecule has 0 radical (unpaired) electrons. The van der Waals surface area contributed by atoms with Crippen molar-refractivity contribution in [3.05, 3.63) is 34.4 Å². The van der Waals surface area contributed by atoms with Crippen molar-refractivity contribution in [1.29, 1.82) is 0 Å². The van der Waals surface area contributed by atoms with E-state index in [2.05, 4.69) is 4.74 Å². The van der Waals surface area contributed by atoms with Crippen molar-refractivity contribution in [2.75, 3.05) is 0 Å². The Hall–Kier alpha value is -2.45. The molecule has 0 aromatic carbocycles. The van der Waals surface area contributed by atoms with Crippen LogP contribution < -0.4 is 0 Å². The standard InChI is InChI=1S/C20H22O8/c1-9-6-13(11-8-16(22)28-18(11)24)26-17(23)10(9)7-15-20(2)12(19(25)27-15)4-3-5-14(20)21/h4,8,13-15,18,21,24H,3,5-7H2,1-2H3. The largest absolute Gasteiger partial charge is 0.458 e. The van der Waals surface area contributed by atoms with Crippen molar-refractivity contribution < 1.29 is 38.8 Å². The fraction of sp³-hybridized carbons (Fsp3) is 0.550. The monoisotopic (exact) mass is 390 g/mol. The van der Waals surface area contributed by atoms with Crippen molar-refractivity contribution in [2.45, 2.75) is 64.1 Å². The van der Waals surface area contributed by atoms with Gasteiger partial charge in [0.1, 0.15) is 12.2 Å². The summed E-state index contributed by atoms with van der Waals surface area (Å²) in [6, 6.07) is 0. The number of aliphatic hydroxyl groups is 2. The van der Waals surface area contributed by atoms with Gasteiger partial charge < -0.3 is 24.4 Å². The minimum atomic E-state index is -1.42. The third-order valence-electron chi connectivity index (χ3n) is 6.26. The Morgan fingerprint density at radius 1 is 1.14 bits per heavy atom. The maximum atomic E-state index is 12.6. The molecule has 8 heteroatoms. The second-order valence-electron chi connectivity index (χ2n) is 7.88. The summed E-state index contributed by atoms with van der Waals surface area (Å²) in [5, 5.41) is 20.3. The van der Waals surface area contributed by atoms with Crippen LogP contribution in [-0.2, 0) is 28.6 Å². The fourth-order valence-electron chi connectivity index (χ4n) is 4.46. The highest BCUT2D eigenvalue weighted by Crippen LogP contribution is 2.49. The van der Waals surface area contributed by atoms with Gasteiger partial charge in [-0.2, -0.15) is 0 Å². The number of allylic oxidation sites excluding steroid dienone is 1. The first kappa shape index (κ1) is 18.9. The molecule has 4 aliphatic rings. The third-order valence-corrected chi connectivity index (χ3v) is 6.26. The number of ether oxygens (including phenoxy) is 3. The van der Waals surface area contributed by atoms with E-state index in [1.165, 1.54) is 0 Å². The number of carbonyl (C=O) groups excluding carboxylic acids is 3. The molecule has 2 N–H and O–H groups in total. The van der Waals surface area contributed by atoms with Gasteiger partial charge in [-0.1, -0.05) is 11.6 Å². The molecule has 5 atom stereocenters. The van der Waals surface area contributed by atoms with Crippen molar-refractivity contribution in [2.24, 2.45) is 5.41 Å². The van der Waals surface area contributed by atoms with Gasteiger partial charge in [0.2, 0.25) is 6.29 Å². The summed E-state index contributed by atoms with van der Waals surface area (Å²) < 4.78 is 15.6. The molecule has 150 valence electrons. The first-order chi connectivity index (χ1) is 13.2. The summed E-state index contributed by atoms with van der Waals surface area (Å²) in [5.41, 5.74) is 0.908. The van der Waals surface area contributed by atoms with E-state index in [9.17, 15) is 24.6 Å². The van der Waals surface area contributed by atoms with Crippen LogP contribution in [0.15, 0.2) is 34.4 Å². The SMILES string of the molecule is CC1=C(CC2OC(=O)C3=CCCC(O)C32C)C(=O)OC(C2=CC(=O)OC2O)C1. The Kier molecular flexibility index (Phi) is 4.43. The second-order valence-corrected chi connectivity index (χ2v) is 7.88. The van der Waals surface area contributed by atoms with Gasteiger partial charge in [0.15, 0.2) is 0 Å². The van der Waals surface area contributed by atoms with Crippen LogP contribution in [0.1, 0.15) is 39.5 Å². The van der Waals surface area contributed by atoms with E-state index in [1.54, 1.807) is 19.9 Å². The molecule has 8 nitrogen and oxygen atoms in total. The Bertz CT molecular complexity index is 850. The van der Waals surface area contributed by atoms with Crippen LogP contribution in [0.2, 0.25) is 0 Å². The summed E-state index contributed by atoms with van der Waals surface area (Å²) in [6.07, 6.45) is 0.890. The first-order valence-corrected chi connectivity index (χ1v) is 9.31. The molecule has 0 spiro atoms. The smallest absolute Gasteiger partial charge is 0.334 e. The Labute approximate surface area is 161 Å². The lowest BCUT2D eigenvalue weighted by atomic mass is 9.68. The van der Waals surface area contributed by atoms with E-state index in [1.807, 2.05) is 0 Å². The molecule has 0 aromatic rings. The van der Waals surface area contributed by atoms with E-state index < -0.39 is 47.9 Å². The van der Waals surface area contributed by atoms with Gasteiger partial charge >= 0.3 is 17.9 Å². The highest BCUT2D eigenvalue weighted by molar-refractivity contribution is 5.94. The number of esters is 3. The fourth-order valence-corrected chi connectivity index (χ4v) is 4.46. The van der Waals surface area contributed by atoms with Crippen LogP contribution >= 0.6 is 0 Å². The predicted octanol–water partition coefficient (Wildman–Crippen LogP) is 0.823. The minimum Gasteiger partial charge on any atom is -0.458 e. The molecule has 4 rings (SSSR count). The number of hydrogen-bond donors (Lipinski definition) is 2. The number of rotatable bonds is 3. The van der Waals surface area contributed by atoms with Crippen molar-refractivity contribution in [3.63, 3.8) is 0 Å².